The van der Waals surface area contributed by atoms with Gasteiger partial charge in [-0.15, -0.1) is 0 Å². The van der Waals surface area contributed by atoms with Crippen LogP contribution in [0.15, 0.2) is 18.5 Å². The maximum atomic E-state index is 12.2. The quantitative estimate of drug-likeness (QED) is 0.151. The summed E-state index contributed by atoms with van der Waals surface area (Å²) in [6.07, 6.45) is 22.0. The van der Waals surface area contributed by atoms with Gasteiger partial charge in [0.2, 0.25) is 0 Å². The van der Waals surface area contributed by atoms with Crippen molar-refractivity contribution in [1.29, 1.82) is 0 Å². The number of esters is 2. The summed E-state index contributed by atoms with van der Waals surface area (Å²) in [5, 5.41) is 0. The minimum atomic E-state index is -0.432. The molecule has 0 radical (unpaired) electrons. The van der Waals surface area contributed by atoms with Gasteiger partial charge in [-0.2, -0.15) is 0 Å². The second kappa shape index (κ2) is 19.8. The second-order valence-corrected chi connectivity index (χ2v) is 8.68. The summed E-state index contributed by atoms with van der Waals surface area (Å²) in [5.74, 6) is -0.865. The second-order valence-electron chi connectivity index (χ2n) is 8.68. The van der Waals surface area contributed by atoms with Gasteiger partial charge in [-0.3, -0.25) is 4.98 Å². The zero-order chi connectivity index (χ0) is 23.3. The van der Waals surface area contributed by atoms with Crippen LogP contribution in [0.3, 0.4) is 0 Å². The van der Waals surface area contributed by atoms with Crippen LogP contribution in [0, 0.1) is 0 Å². The predicted octanol–water partition coefficient (Wildman–Crippen LogP) is 7.68. The van der Waals surface area contributed by atoms with Crippen LogP contribution in [0.2, 0.25) is 0 Å². The highest BCUT2D eigenvalue weighted by atomic mass is 16.5. The van der Waals surface area contributed by atoms with Crippen molar-refractivity contribution in [3.63, 3.8) is 0 Å². The number of hydrogen-bond acceptors (Lipinski definition) is 5. The third kappa shape index (κ3) is 14.2. The van der Waals surface area contributed by atoms with E-state index in [0.717, 1.165) is 25.7 Å². The van der Waals surface area contributed by atoms with Gasteiger partial charge in [0.05, 0.1) is 24.3 Å². The molecule has 0 saturated carbocycles. The van der Waals surface area contributed by atoms with E-state index >= 15 is 0 Å². The Labute approximate surface area is 195 Å². The van der Waals surface area contributed by atoms with Crippen molar-refractivity contribution in [2.24, 2.45) is 0 Å². The molecule has 1 heterocycles. The highest BCUT2D eigenvalue weighted by Crippen LogP contribution is 2.11. The standard InChI is InChI=1S/C27H45NO4/c1-3-5-7-9-11-13-15-17-19-31-26(29)24-21-25(23-28-22-24)27(30)32-20-18-16-14-12-10-8-6-4-2/h21-23H,3-20H2,1-2H3. The van der Waals surface area contributed by atoms with Gasteiger partial charge >= 0.3 is 11.9 Å². The number of hydrogen-bond donors (Lipinski definition) is 0. The molecule has 182 valence electrons. The van der Waals surface area contributed by atoms with E-state index in [1.165, 1.54) is 95.5 Å². The Morgan fingerprint density at radius 1 is 0.594 bits per heavy atom. The Morgan fingerprint density at radius 2 is 0.938 bits per heavy atom. The first kappa shape index (κ1) is 28.1. The zero-order valence-electron chi connectivity index (χ0n) is 20.5. The van der Waals surface area contributed by atoms with Crippen molar-refractivity contribution in [3.05, 3.63) is 29.6 Å². The summed E-state index contributed by atoms with van der Waals surface area (Å²) < 4.78 is 10.7. The largest absolute Gasteiger partial charge is 0.462 e. The van der Waals surface area contributed by atoms with Crippen LogP contribution in [0.1, 0.15) is 137 Å². The van der Waals surface area contributed by atoms with Crippen LogP contribution in [-0.2, 0) is 9.47 Å². The normalized spacial score (nSPS) is 10.8. The number of unbranched alkanes of at least 4 members (excludes halogenated alkanes) is 14. The summed E-state index contributed by atoms with van der Waals surface area (Å²) in [6.45, 7) is 5.25. The van der Waals surface area contributed by atoms with E-state index in [2.05, 4.69) is 18.8 Å². The van der Waals surface area contributed by atoms with Crippen molar-refractivity contribution in [1.82, 2.24) is 4.98 Å². The lowest BCUT2D eigenvalue weighted by atomic mass is 10.1. The smallest absolute Gasteiger partial charge is 0.339 e. The highest BCUT2D eigenvalue weighted by Gasteiger charge is 2.13. The highest BCUT2D eigenvalue weighted by molar-refractivity contribution is 5.94. The molecule has 0 amide bonds. The van der Waals surface area contributed by atoms with E-state index in [4.69, 9.17) is 9.47 Å². The number of rotatable bonds is 20. The summed E-state index contributed by atoms with van der Waals surface area (Å²) in [4.78, 5) is 28.5. The van der Waals surface area contributed by atoms with Crippen LogP contribution >= 0.6 is 0 Å². The molecule has 1 aromatic rings. The van der Waals surface area contributed by atoms with Gasteiger partial charge in [-0.25, -0.2) is 9.59 Å². The molecule has 32 heavy (non-hydrogen) atoms. The molecule has 0 fully saturated rings. The van der Waals surface area contributed by atoms with Crippen molar-refractivity contribution in [2.75, 3.05) is 13.2 Å². The number of pyridine rings is 1. The average Bonchev–Trinajstić information content (AvgIpc) is 2.81. The molecule has 0 aliphatic carbocycles. The number of nitrogens with zero attached hydrogens (tertiary/aromatic N) is 1. The fourth-order valence-corrected chi connectivity index (χ4v) is 3.63. The topological polar surface area (TPSA) is 65.5 Å². The van der Waals surface area contributed by atoms with Gasteiger partial charge in [0, 0.05) is 12.4 Å². The Hall–Kier alpha value is -1.91. The van der Waals surface area contributed by atoms with Gasteiger partial charge < -0.3 is 9.47 Å². The van der Waals surface area contributed by atoms with Crippen LogP contribution in [0.25, 0.3) is 0 Å². The van der Waals surface area contributed by atoms with Crippen LogP contribution < -0.4 is 0 Å². The first-order chi connectivity index (χ1) is 15.7. The third-order valence-corrected chi connectivity index (χ3v) is 5.67. The molecule has 1 rings (SSSR count). The lowest BCUT2D eigenvalue weighted by Crippen LogP contribution is -2.11. The van der Waals surface area contributed by atoms with Crippen LogP contribution in [0.4, 0.5) is 0 Å². The van der Waals surface area contributed by atoms with Gasteiger partial charge in [-0.05, 0) is 18.9 Å². The number of carbonyl (C=O) groups is 2. The molecule has 5 nitrogen and oxygen atoms in total. The average molecular weight is 448 g/mol. The lowest BCUT2D eigenvalue weighted by molar-refractivity contribution is 0.0495. The maximum absolute atomic E-state index is 12.2. The van der Waals surface area contributed by atoms with Crippen molar-refractivity contribution >= 4 is 11.9 Å². The SMILES string of the molecule is CCCCCCCCCCOC(=O)c1cncc(C(=O)OCCCCCCCCCC)c1. The molecule has 0 bridgehead atoms. The summed E-state index contributed by atoms with van der Waals surface area (Å²) in [7, 11) is 0. The monoisotopic (exact) mass is 447 g/mol. The zero-order valence-corrected chi connectivity index (χ0v) is 20.5. The summed E-state index contributed by atoms with van der Waals surface area (Å²) in [6, 6.07) is 1.51. The first-order valence-corrected chi connectivity index (χ1v) is 13.0. The summed E-state index contributed by atoms with van der Waals surface area (Å²) in [5.41, 5.74) is 0.595. The third-order valence-electron chi connectivity index (χ3n) is 5.67. The Morgan fingerprint density at radius 3 is 1.31 bits per heavy atom. The van der Waals surface area contributed by atoms with Crippen molar-refractivity contribution in [2.45, 2.75) is 117 Å². The molecule has 0 aliphatic rings. The van der Waals surface area contributed by atoms with Gasteiger partial charge in [0.25, 0.3) is 0 Å². The van der Waals surface area contributed by atoms with E-state index < -0.39 is 11.9 Å². The van der Waals surface area contributed by atoms with Gasteiger partial charge in [0.1, 0.15) is 0 Å². The predicted molar refractivity (Wildman–Crippen MR) is 130 cm³/mol. The van der Waals surface area contributed by atoms with Crippen LogP contribution in [-0.4, -0.2) is 30.1 Å². The molecule has 0 unspecified atom stereocenters. The molecular formula is C27H45NO4. The van der Waals surface area contributed by atoms with E-state index in [0.29, 0.717) is 24.3 Å². The Bertz CT molecular complexity index is 568. The molecule has 5 heteroatoms. The molecule has 0 saturated heterocycles. The summed E-state index contributed by atoms with van der Waals surface area (Å²) >= 11 is 0. The lowest BCUT2D eigenvalue weighted by Gasteiger charge is -2.07. The Balaban J connectivity index is 2.17. The van der Waals surface area contributed by atoms with E-state index in [1.807, 2.05) is 0 Å². The van der Waals surface area contributed by atoms with Crippen molar-refractivity contribution in [3.8, 4) is 0 Å². The van der Waals surface area contributed by atoms with Crippen LogP contribution in [0.5, 0.6) is 0 Å². The van der Waals surface area contributed by atoms with Gasteiger partial charge in [0.15, 0.2) is 0 Å². The van der Waals surface area contributed by atoms with E-state index in [1.54, 1.807) is 0 Å². The molecule has 0 spiro atoms. The van der Waals surface area contributed by atoms with E-state index in [9.17, 15) is 9.59 Å². The fraction of sp³-hybridized carbons (Fsp3) is 0.741. The maximum Gasteiger partial charge on any atom is 0.339 e. The van der Waals surface area contributed by atoms with E-state index in [-0.39, 0.29) is 0 Å². The minimum Gasteiger partial charge on any atom is -0.462 e. The fourth-order valence-electron chi connectivity index (χ4n) is 3.63. The minimum absolute atomic E-state index is 0.297. The Kier molecular flexibility index (Phi) is 17.4. The number of carbonyl (C=O) groups excluding carboxylic acids is 2. The molecule has 0 aromatic carbocycles. The number of ether oxygens (including phenoxy) is 2. The first-order valence-electron chi connectivity index (χ1n) is 13.0. The molecular weight excluding hydrogens is 402 g/mol. The number of aromatic nitrogens is 1. The molecule has 0 atom stereocenters. The van der Waals surface area contributed by atoms with Gasteiger partial charge in [-0.1, -0.05) is 104 Å². The molecule has 0 aliphatic heterocycles. The molecule has 0 N–H and O–H groups in total. The van der Waals surface area contributed by atoms with Crippen molar-refractivity contribution < 1.29 is 19.1 Å². The molecule has 1 aromatic heterocycles.